The van der Waals surface area contributed by atoms with Gasteiger partial charge in [-0.25, -0.2) is 9.97 Å². The predicted molar refractivity (Wildman–Crippen MR) is 108 cm³/mol. The first-order valence-electron chi connectivity index (χ1n) is 10.4. The number of hydrogen-bond donors (Lipinski definition) is 0. The topological polar surface area (TPSA) is 84.2 Å². The number of amides is 2. The molecule has 0 spiro atoms. The fraction of sp³-hybridized carbons (Fsp3) is 0.571. The van der Waals surface area contributed by atoms with Gasteiger partial charge in [0.25, 0.3) is 11.8 Å². The lowest BCUT2D eigenvalue weighted by Crippen LogP contribution is -2.39. The molecule has 154 valence electrons. The molecule has 1 unspecified atom stereocenters. The third-order valence-corrected chi connectivity index (χ3v) is 5.90. The zero-order valence-electron chi connectivity index (χ0n) is 17.2. The molecule has 29 heavy (non-hydrogen) atoms. The molecule has 2 amide bonds. The molecule has 2 aromatic rings. The zero-order valence-corrected chi connectivity index (χ0v) is 17.2. The zero-order chi connectivity index (χ0) is 20.4. The van der Waals surface area contributed by atoms with E-state index in [1.54, 1.807) is 30.3 Å². The van der Waals surface area contributed by atoms with Crippen LogP contribution >= 0.6 is 0 Å². The second kappa shape index (κ2) is 8.31. The van der Waals surface area contributed by atoms with Crippen LogP contribution in [0.5, 0.6) is 0 Å². The molecule has 2 saturated heterocycles. The van der Waals surface area contributed by atoms with E-state index >= 15 is 0 Å². The van der Waals surface area contributed by atoms with Crippen molar-refractivity contribution in [2.24, 2.45) is 7.05 Å². The van der Waals surface area contributed by atoms with Gasteiger partial charge >= 0.3 is 0 Å². The molecule has 8 nitrogen and oxygen atoms in total. The fourth-order valence-corrected chi connectivity index (χ4v) is 4.25. The van der Waals surface area contributed by atoms with Crippen LogP contribution in [0.25, 0.3) is 0 Å². The number of likely N-dealkylation sites (tertiary alicyclic amines) is 2. The van der Waals surface area contributed by atoms with Crippen molar-refractivity contribution < 1.29 is 9.59 Å². The van der Waals surface area contributed by atoms with Gasteiger partial charge in [0.1, 0.15) is 5.82 Å². The van der Waals surface area contributed by atoms with Gasteiger partial charge in [-0.1, -0.05) is 0 Å². The Bertz CT molecular complexity index is 902. The van der Waals surface area contributed by atoms with Gasteiger partial charge in [-0.15, -0.1) is 0 Å². The summed E-state index contributed by atoms with van der Waals surface area (Å²) in [4.78, 5) is 38.5. The Kier molecular flexibility index (Phi) is 5.60. The van der Waals surface area contributed by atoms with Crippen LogP contribution in [0.3, 0.4) is 0 Å². The lowest BCUT2D eigenvalue weighted by atomic mass is 9.96. The van der Waals surface area contributed by atoms with Crippen LogP contribution < -0.4 is 0 Å². The molecule has 0 saturated carbocycles. The number of aromatic nitrogens is 4. The van der Waals surface area contributed by atoms with Gasteiger partial charge in [-0.2, -0.15) is 5.10 Å². The summed E-state index contributed by atoms with van der Waals surface area (Å²) in [6.45, 7) is 4.83. The third kappa shape index (κ3) is 4.16. The Morgan fingerprint density at radius 2 is 1.76 bits per heavy atom. The van der Waals surface area contributed by atoms with Crippen molar-refractivity contribution in [2.45, 2.75) is 44.9 Å². The molecule has 2 aliphatic heterocycles. The van der Waals surface area contributed by atoms with E-state index in [4.69, 9.17) is 0 Å². The third-order valence-electron chi connectivity index (χ3n) is 5.90. The molecule has 4 rings (SSSR count). The molecule has 2 fully saturated rings. The highest BCUT2D eigenvalue weighted by molar-refractivity contribution is 5.95. The van der Waals surface area contributed by atoms with Crippen LogP contribution in [0.4, 0.5) is 0 Å². The van der Waals surface area contributed by atoms with E-state index in [1.807, 2.05) is 16.7 Å². The summed E-state index contributed by atoms with van der Waals surface area (Å²) < 4.78 is 1.64. The Morgan fingerprint density at radius 3 is 2.45 bits per heavy atom. The van der Waals surface area contributed by atoms with Gasteiger partial charge in [0.05, 0.1) is 23.0 Å². The minimum atomic E-state index is -0.00332. The number of carbonyl (C=O) groups is 2. The van der Waals surface area contributed by atoms with E-state index in [2.05, 4.69) is 15.1 Å². The molecule has 1 atom stereocenters. The van der Waals surface area contributed by atoms with Crippen molar-refractivity contribution >= 4 is 11.8 Å². The first-order valence-corrected chi connectivity index (χ1v) is 10.4. The Labute approximate surface area is 170 Å². The summed E-state index contributed by atoms with van der Waals surface area (Å²) in [5.41, 5.74) is 1.92. The van der Waals surface area contributed by atoms with Gasteiger partial charge in [-0.05, 0) is 39.0 Å². The first-order chi connectivity index (χ1) is 14.0. The monoisotopic (exact) mass is 396 g/mol. The van der Waals surface area contributed by atoms with Crippen LogP contribution in [0.15, 0.2) is 18.6 Å². The highest BCUT2D eigenvalue weighted by Gasteiger charge is 2.29. The van der Waals surface area contributed by atoms with Gasteiger partial charge < -0.3 is 9.80 Å². The first kappa shape index (κ1) is 19.5. The molecule has 0 aliphatic carbocycles. The van der Waals surface area contributed by atoms with Crippen LogP contribution in [-0.2, 0) is 7.05 Å². The minimum absolute atomic E-state index is 0.00332. The summed E-state index contributed by atoms with van der Waals surface area (Å²) in [5.74, 6) is 0.839. The number of nitrogens with zero attached hydrogens (tertiary/aromatic N) is 6. The van der Waals surface area contributed by atoms with E-state index in [0.717, 1.165) is 56.8 Å². The second-order valence-electron chi connectivity index (χ2n) is 8.07. The number of aryl methyl sites for hydroxylation is 2. The quantitative estimate of drug-likeness (QED) is 0.794. The van der Waals surface area contributed by atoms with E-state index < -0.39 is 0 Å². The normalized spacial score (nSPS) is 20.0. The number of carbonyl (C=O) groups excluding carboxylic acids is 2. The number of hydrogen-bond acceptors (Lipinski definition) is 5. The molecule has 4 heterocycles. The van der Waals surface area contributed by atoms with Crippen molar-refractivity contribution in [1.29, 1.82) is 0 Å². The van der Waals surface area contributed by atoms with Crippen molar-refractivity contribution in [2.75, 3.05) is 26.2 Å². The van der Waals surface area contributed by atoms with E-state index in [9.17, 15) is 9.59 Å². The van der Waals surface area contributed by atoms with Crippen LogP contribution in [-0.4, -0.2) is 67.5 Å². The summed E-state index contributed by atoms with van der Waals surface area (Å²) in [5, 5.41) is 4.09. The maximum Gasteiger partial charge on any atom is 0.257 e. The lowest BCUT2D eigenvalue weighted by Gasteiger charge is -2.32. The van der Waals surface area contributed by atoms with Crippen molar-refractivity contribution in [3.63, 3.8) is 0 Å². The fourth-order valence-electron chi connectivity index (χ4n) is 4.25. The van der Waals surface area contributed by atoms with Crippen LogP contribution in [0, 0.1) is 6.92 Å². The summed E-state index contributed by atoms with van der Waals surface area (Å²) >= 11 is 0. The molecular formula is C21H28N6O2. The average Bonchev–Trinajstić information content (AvgIpc) is 3.19. The maximum atomic E-state index is 12.8. The van der Waals surface area contributed by atoms with Crippen LogP contribution in [0.2, 0.25) is 0 Å². The maximum absolute atomic E-state index is 12.8. The molecular weight excluding hydrogens is 368 g/mol. The molecule has 0 aromatic carbocycles. The van der Waals surface area contributed by atoms with Gasteiger partial charge in [0.2, 0.25) is 0 Å². The van der Waals surface area contributed by atoms with Gasteiger partial charge in [-0.3, -0.25) is 14.3 Å². The molecule has 0 N–H and O–H groups in total. The van der Waals surface area contributed by atoms with Gasteiger partial charge in [0, 0.05) is 51.5 Å². The Hall–Kier alpha value is -2.77. The highest BCUT2D eigenvalue weighted by Crippen LogP contribution is 2.26. The molecule has 2 aromatic heterocycles. The summed E-state index contributed by atoms with van der Waals surface area (Å²) in [6.07, 6.45) is 10.2. The standard InChI is InChI=1S/C21H28N6O2/c1-15-18(21(29)26-8-4-3-5-9-26)12-22-19(24-15)16-7-6-10-27(14-16)20(28)17-11-23-25(2)13-17/h11-13,16H,3-10,14H2,1-2H3. The Balaban J connectivity index is 1.47. The molecule has 8 heteroatoms. The highest BCUT2D eigenvalue weighted by atomic mass is 16.2. The Morgan fingerprint density at radius 1 is 1.00 bits per heavy atom. The molecule has 0 radical (unpaired) electrons. The number of piperidine rings is 2. The van der Waals surface area contributed by atoms with E-state index in [1.165, 1.54) is 6.42 Å². The van der Waals surface area contributed by atoms with E-state index in [0.29, 0.717) is 17.7 Å². The largest absolute Gasteiger partial charge is 0.339 e. The lowest BCUT2D eigenvalue weighted by molar-refractivity contribution is 0.0704. The molecule has 2 aliphatic rings. The van der Waals surface area contributed by atoms with Gasteiger partial charge in [0.15, 0.2) is 0 Å². The summed E-state index contributed by atoms with van der Waals surface area (Å²) in [7, 11) is 1.80. The number of rotatable bonds is 3. The van der Waals surface area contributed by atoms with E-state index in [-0.39, 0.29) is 17.7 Å². The summed E-state index contributed by atoms with van der Waals surface area (Å²) in [6, 6.07) is 0. The SMILES string of the molecule is Cc1nc(C2CCCN(C(=O)c3cnn(C)c3)C2)ncc1C(=O)N1CCCCC1. The second-order valence-corrected chi connectivity index (χ2v) is 8.07. The minimum Gasteiger partial charge on any atom is -0.339 e. The van der Waals surface area contributed by atoms with Crippen LogP contribution in [0.1, 0.15) is 70.3 Å². The smallest absolute Gasteiger partial charge is 0.257 e. The average molecular weight is 396 g/mol. The molecule has 0 bridgehead atoms. The van der Waals surface area contributed by atoms with Crippen molar-refractivity contribution in [1.82, 2.24) is 29.5 Å². The van der Waals surface area contributed by atoms with Crippen molar-refractivity contribution in [3.05, 3.63) is 41.2 Å². The predicted octanol–water partition coefficient (Wildman–Crippen LogP) is 2.16. The van der Waals surface area contributed by atoms with Crippen molar-refractivity contribution in [3.8, 4) is 0 Å².